The normalized spacial score (nSPS) is 15.8. The third kappa shape index (κ3) is 10.9. The van der Waals surface area contributed by atoms with E-state index in [2.05, 4.69) is 115 Å². The summed E-state index contributed by atoms with van der Waals surface area (Å²) in [6.45, 7) is 19.4. The minimum absolute atomic E-state index is 0.0179. The van der Waals surface area contributed by atoms with Gasteiger partial charge in [0.25, 0.3) is 0 Å². The monoisotopic (exact) mass is 556 g/mol. The number of ether oxygens (including phenoxy) is 2. The molecule has 2 nitrogen and oxygen atoms in total. The van der Waals surface area contributed by atoms with Crippen molar-refractivity contribution in [2.75, 3.05) is 6.61 Å². The predicted molar refractivity (Wildman–Crippen MR) is 174 cm³/mol. The van der Waals surface area contributed by atoms with Crippen molar-refractivity contribution >= 4 is 0 Å². The molecule has 216 valence electrons. The average molecular weight is 557 g/mol. The van der Waals surface area contributed by atoms with E-state index in [1.165, 1.54) is 0 Å². The molecule has 2 aromatic carbocycles. The van der Waals surface area contributed by atoms with Crippen LogP contribution in [0.25, 0.3) is 0 Å². The first-order valence-electron chi connectivity index (χ1n) is 15.0. The van der Waals surface area contributed by atoms with Crippen molar-refractivity contribution < 1.29 is 9.47 Å². The Bertz CT molecular complexity index is 1540. The van der Waals surface area contributed by atoms with Crippen LogP contribution < -0.4 is 0 Å². The number of hydrogen-bond acceptors (Lipinski definition) is 2. The molecule has 1 saturated heterocycles. The van der Waals surface area contributed by atoms with Gasteiger partial charge in [0.1, 0.15) is 0 Å². The Hall–Kier alpha value is -3.84. The molecule has 1 heterocycles. The Kier molecular flexibility index (Phi) is 11.6. The summed E-state index contributed by atoms with van der Waals surface area (Å²) in [6.07, 6.45) is 3.31. The second kappa shape index (κ2) is 14.9. The zero-order chi connectivity index (χ0) is 30.8. The van der Waals surface area contributed by atoms with Crippen LogP contribution in [0.15, 0.2) is 30.3 Å². The smallest absolute Gasteiger partial charge is 0.185 e. The molecule has 2 atom stereocenters. The van der Waals surface area contributed by atoms with E-state index in [0.29, 0.717) is 6.61 Å². The molecule has 42 heavy (non-hydrogen) atoms. The van der Waals surface area contributed by atoms with Gasteiger partial charge in [-0.1, -0.05) is 73.1 Å². The Morgan fingerprint density at radius 2 is 1.14 bits per heavy atom. The largest absolute Gasteiger partial charge is 0.346 e. The van der Waals surface area contributed by atoms with E-state index in [9.17, 15) is 0 Å². The molecule has 1 aliphatic heterocycles. The summed E-state index contributed by atoms with van der Waals surface area (Å²) in [5, 5.41) is 0. The molecular formula is C40H44O2. The second-order valence-electron chi connectivity index (χ2n) is 12.7. The first-order valence-corrected chi connectivity index (χ1v) is 15.0. The fraction of sp³-hybridized carbons (Fsp3) is 0.450. The van der Waals surface area contributed by atoms with Crippen LogP contribution in [0, 0.1) is 70.0 Å². The van der Waals surface area contributed by atoms with Crippen molar-refractivity contribution in [3.05, 3.63) is 69.3 Å². The lowest BCUT2D eigenvalue weighted by Crippen LogP contribution is -2.07. The van der Waals surface area contributed by atoms with E-state index in [4.69, 9.17) is 9.47 Å². The van der Waals surface area contributed by atoms with Gasteiger partial charge in [-0.15, -0.1) is 0 Å². The SMILES string of the molecule is CCCC#Cc1cc(C#CCCC)cc(C#Cc2cc(C#CC(C)(C)C)c(C3OCC(C)O3)cc2C#CC(C)(C)C)c1. The average Bonchev–Trinajstić information content (AvgIpc) is 3.35. The van der Waals surface area contributed by atoms with E-state index >= 15 is 0 Å². The molecule has 2 unspecified atom stereocenters. The number of benzene rings is 2. The van der Waals surface area contributed by atoms with Crippen LogP contribution in [0.2, 0.25) is 0 Å². The highest BCUT2D eigenvalue weighted by Gasteiger charge is 2.27. The van der Waals surface area contributed by atoms with Crippen molar-refractivity contribution in [2.45, 2.75) is 100 Å². The summed E-state index contributed by atoms with van der Waals surface area (Å²) < 4.78 is 12.1. The molecular weight excluding hydrogens is 512 g/mol. The lowest BCUT2D eigenvalue weighted by Gasteiger charge is -2.15. The topological polar surface area (TPSA) is 18.5 Å². The summed E-state index contributed by atoms with van der Waals surface area (Å²) in [5.41, 5.74) is 5.80. The molecule has 1 aliphatic rings. The molecule has 0 N–H and O–H groups in total. The molecule has 2 aromatic rings. The summed E-state index contributed by atoms with van der Waals surface area (Å²) >= 11 is 0. The molecule has 0 aromatic heterocycles. The van der Waals surface area contributed by atoms with Crippen molar-refractivity contribution in [1.29, 1.82) is 0 Å². The Balaban J connectivity index is 2.22. The van der Waals surface area contributed by atoms with Crippen LogP contribution >= 0.6 is 0 Å². The highest BCUT2D eigenvalue weighted by molar-refractivity contribution is 5.60. The van der Waals surface area contributed by atoms with Gasteiger partial charge in [-0.3, -0.25) is 0 Å². The Morgan fingerprint density at radius 3 is 1.62 bits per heavy atom. The van der Waals surface area contributed by atoms with Gasteiger partial charge in [0.2, 0.25) is 0 Å². The maximum Gasteiger partial charge on any atom is 0.185 e. The van der Waals surface area contributed by atoms with Gasteiger partial charge in [-0.05, 0) is 91.6 Å². The minimum atomic E-state index is -0.482. The zero-order valence-corrected chi connectivity index (χ0v) is 26.9. The van der Waals surface area contributed by atoms with Gasteiger partial charge in [0.05, 0.1) is 12.7 Å². The van der Waals surface area contributed by atoms with Gasteiger partial charge in [-0.25, -0.2) is 0 Å². The molecule has 0 radical (unpaired) electrons. The highest BCUT2D eigenvalue weighted by atomic mass is 16.7. The second-order valence-corrected chi connectivity index (χ2v) is 12.7. The van der Waals surface area contributed by atoms with E-state index in [1.807, 2.05) is 37.3 Å². The Morgan fingerprint density at radius 1 is 0.643 bits per heavy atom. The van der Waals surface area contributed by atoms with Crippen LogP contribution in [-0.2, 0) is 9.47 Å². The number of unbranched alkanes of at least 4 members (excludes halogenated alkanes) is 2. The van der Waals surface area contributed by atoms with Crippen molar-refractivity contribution in [1.82, 2.24) is 0 Å². The predicted octanol–water partition coefficient (Wildman–Crippen LogP) is 8.62. The third-order valence-corrected chi connectivity index (χ3v) is 5.92. The maximum absolute atomic E-state index is 6.10. The number of hydrogen-bond donors (Lipinski definition) is 0. The van der Waals surface area contributed by atoms with Crippen molar-refractivity contribution in [3.8, 4) is 59.2 Å². The first kappa shape index (κ1) is 32.7. The highest BCUT2D eigenvalue weighted by Crippen LogP contribution is 2.31. The zero-order valence-electron chi connectivity index (χ0n) is 26.9. The molecule has 0 bridgehead atoms. The van der Waals surface area contributed by atoms with Gasteiger partial charge < -0.3 is 9.47 Å². The molecule has 0 saturated carbocycles. The van der Waals surface area contributed by atoms with Crippen LogP contribution in [0.4, 0.5) is 0 Å². The van der Waals surface area contributed by atoms with Crippen molar-refractivity contribution in [3.63, 3.8) is 0 Å². The van der Waals surface area contributed by atoms with Gasteiger partial charge >= 0.3 is 0 Å². The van der Waals surface area contributed by atoms with Crippen LogP contribution in [-0.4, -0.2) is 12.7 Å². The fourth-order valence-electron chi connectivity index (χ4n) is 3.87. The van der Waals surface area contributed by atoms with Gasteiger partial charge in [-0.2, -0.15) is 0 Å². The minimum Gasteiger partial charge on any atom is -0.346 e. The molecule has 3 rings (SSSR count). The lowest BCUT2D eigenvalue weighted by atomic mass is 9.93. The van der Waals surface area contributed by atoms with Gasteiger partial charge in [0, 0.05) is 62.6 Å². The van der Waals surface area contributed by atoms with Crippen LogP contribution in [0.5, 0.6) is 0 Å². The first-order chi connectivity index (χ1) is 19.9. The quantitative estimate of drug-likeness (QED) is 0.352. The van der Waals surface area contributed by atoms with Gasteiger partial charge in [0.15, 0.2) is 6.29 Å². The fourth-order valence-corrected chi connectivity index (χ4v) is 3.87. The summed E-state index contributed by atoms with van der Waals surface area (Å²) in [7, 11) is 0. The van der Waals surface area contributed by atoms with E-state index in [-0.39, 0.29) is 16.9 Å². The lowest BCUT2D eigenvalue weighted by molar-refractivity contribution is -0.0573. The van der Waals surface area contributed by atoms with E-state index < -0.39 is 6.29 Å². The molecule has 0 spiro atoms. The molecule has 0 aliphatic carbocycles. The van der Waals surface area contributed by atoms with E-state index in [1.54, 1.807) is 0 Å². The molecule has 2 heteroatoms. The van der Waals surface area contributed by atoms with Crippen molar-refractivity contribution in [2.24, 2.45) is 10.8 Å². The number of rotatable bonds is 3. The third-order valence-electron chi connectivity index (χ3n) is 5.92. The summed E-state index contributed by atoms with van der Waals surface area (Å²) in [5.74, 6) is 33.5. The van der Waals surface area contributed by atoms with Crippen LogP contribution in [0.1, 0.15) is 133 Å². The maximum atomic E-state index is 6.10. The summed E-state index contributed by atoms with van der Waals surface area (Å²) in [4.78, 5) is 0. The van der Waals surface area contributed by atoms with E-state index in [0.717, 1.165) is 64.6 Å². The van der Waals surface area contributed by atoms with Crippen LogP contribution in [0.3, 0.4) is 0 Å². The standard InChI is InChI=1S/C40H44O2/c1-10-12-14-16-31-24-32(17-15-13-11-2)26-33(25-31)18-19-34-27-36(21-23-40(7,8)9)37(38-41-29-30(3)42-38)28-35(34)20-22-39(4,5)6/h24-28,30,38H,10-13,29H2,1-9H3. The molecule has 0 amide bonds. The molecule has 1 fully saturated rings. The Labute approximate surface area is 255 Å². The summed E-state index contributed by atoms with van der Waals surface area (Å²) in [6, 6.07) is 10.2.